The molecule has 0 radical (unpaired) electrons. The molecule has 0 saturated heterocycles. The molecule has 0 aromatic carbocycles. The van der Waals surface area contributed by atoms with Crippen LogP contribution in [-0.4, -0.2) is 27.5 Å². The maximum Gasteiger partial charge on any atom is 0.388 e. The second kappa shape index (κ2) is 8.97. The van der Waals surface area contributed by atoms with Crippen LogP contribution in [0.3, 0.4) is 0 Å². The van der Waals surface area contributed by atoms with E-state index < -0.39 is 6.61 Å². The first-order chi connectivity index (χ1) is 11.0. The number of pyridine rings is 1. The zero-order valence-electron chi connectivity index (χ0n) is 12.4. The Bertz CT molecular complexity index is 686. The summed E-state index contributed by atoms with van der Waals surface area (Å²) in [5.41, 5.74) is 1.68. The van der Waals surface area contributed by atoms with E-state index in [0.29, 0.717) is 29.2 Å². The largest absolute Gasteiger partial charge is 0.416 e. The van der Waals surface area contributed by atoms with Crippen molar-refractivity contribution in [1.82, 2.24) is 14.8 Å². The molecule has 124 valence electrons. The second-order valence-electron chi connectivity index (χ2n) is 4.10. The van der Waals surface area contributed by atoms with E-state index in [9.17, 15) is 8.78 Å². The van der Waals surface area contributed by atoms with Crippen LogP contribution in [0.25, 0.3) is 11.3 Å². The maximum absolute atomic E-state index is 12.5. The van der Waals surface area contributed by atoms with Gasteiger partial charge in [-0.2, -0.15) is 23.5 Å². The van der Waals surface area contributed by atoms with Crippen LogP contribution in [0.1, 0.15) is 19.5 Å². The van der Waals surface area contributed by atoms with Crippen molar-refractivity contribution in [3.63, 3.8) is 0 Å². The third kappa shape index (κ3) is 4.58. The lowest BCUT2D eigenvalue weighted by Crippen LogP contribution is -2.06. The van der Waals surface area contributed by atoms with E-state index in [0.717, 1.165) is 5.69 Å². The van der Waals surface area contributed by atoms with Crippen LogP contribution < -0.4 is 4.74 Å². The highest BCUT2D eigenvalue weighted by Crippen LogP contribution is 2.36. The Hall–Kier alpha value is -2.31. The Kier molecular flexibility index (Phi) is 7.31. The number of nitrogens with zero attached hydrogens (tertiary/aromatic N) is 3. The van der Waals surface area contributed by atoms with Crippen molar-refractivity contribution in [1.29, 1.82) is 0 Å². The Morgan fingerprint density at radius 3 is 2.57 bits per heavy atom. The number of rotatable bonds is 5. The van der Waals surface area contributed by atoms with Gasteiger partial charge < -0.3 is 4.74 Å². The lowest BCUT2D eigenvalue weighted by molar-refractivity contribution is -0.191. The van der Waals surface area contributed by atoms with Crippen LogP contribution >= 0.6 is 11.6 Å². The standard InChI is InChI=1S/C13H14ClF2N3O.CO2/c1-3-9-10(14)11(19(4-2)18-9)8-6-5-7-17-12(8)20-13(15)16;2-1-3/h5-7,13H,3-4H2,1-2H3;. The number of aromatic nitrogens is 3. The molecule has 0 unspecified atom stereocenters. The van der Waals surface area contributed by atoms with Crippen molar-refractivity contribution in [2.24, 2.45) is 0 Å². The van der Waals surface area contributed by atoms with Gasteiger partial charge in [0.25, 0.3) is 0 Å². The normalized spacial score (nSPS) is 10.0. The molecule has 6 nitrogen and oxygen atoms in total. The van der Waals surface area contributed by atoms with Gasteiger partial charge in [0.05, 0.1) is 22.0 Å². The third-order valence-corrected chi connectivity index (χ3v) is 3.22. The summed E-state index contributed by atoms with van der Waals surface area (Å²) in [6.45, 7) is 1.46. The SMILES string of the molecule is CCc1nn(CC)c(-c2cccnc2OC(F)F)c1Cl.O=C=O. The Balaban J connectivity index is 0.000000816. The molecular formula is C14H14ClF2N3O3. The summed E-state index contributed by atoms with van der Waals surface area (Å²) in [5.74, 6) is -0.151. The number of carbonyl (C=O) groups excluding carboxylic acids is 2. The molecule has 0 aliphatic rings. The number of aryl methyl sites for hydroxylation is 2. The van der Waals surface area contributed by atoms with Gasteiger partial charge in [0, 0.05) is 12.7 Å². The Labute approximate surface area is 136 Å². The van der Waals surface area contributed by atoms with Gasteiger partial charge >= 0.3 is 12.8 Å². The third-order valence-electron chi connectivity index (χ3n) is 2.82. The van der Waals surface area contributed by atoms with Crippen molar-refractivity contribution in [2.45, 2.75) is 33.4 Å². The molecule has 2 aromatic rings. The number of hydrogen-bond acceptors (Lipinski definition) is 5. The summed E-state index contributed by atoms with van der Waals surface area (Å²) in [5, 5.41) is 4.80. The van der Waals surface area contributed by atoms with E-state index >= 15 is 0 Å². The molecule has 0 saturated carbocycles. The van der Waals surface area contributed by atoms with Crippen molar-refractivity contribution in [3.05, 3.63) is 29.0 Å². The first kappa shape index (κ1) is 18.7. The molecular weight excluding hydrogens is 332 g/mol. The molecule has 0 amide bonds. The van der Waals surface area contributed by atoms with Gasteiger partial charge in [-0.05, 0) is 25.5 Å². The van der Waals surface area contributed by atoms with Crippen LogP contribution in [0.2, 0.25) is 5.02 Å². The molecule has 9 heteroatoms. The quantitative estimate of drug-likeness (QED) is 0.832. The highest BCUT2D eigenvalue weighted by atomic mass is 35.5. The van der Waals surface area contributed by atoms with E-state index in [2.05, 4.69) is 14.8 Å². The summed E-state index contributed by atoms with van der Waals surface area (Å²) >= 11 is 6.30. The zero-order valence-corrected chi connectivity index (χ0v) is 13.2. The minimum absolute atomic E-state index is 0.151. The van der Waals surface area contributed by atoms with Gasteiger partial charge in [-0.1, -0.05) is 18.5 Å². The minimum atomic E-state index is -2.94. The molecule has 0 N–H and O–H groups in total. The number of ether oxygens (including phenoxy) is 1. The summed E-state index contributed by atoms with van der Waals surface area (Å²) in [4.78, 5) is 20.1. The van der Waals surface area contributed by atoms with Crippen molar-refractivity contribution >= 4 is 17.8 Å². The predicted molar refractivity (Wildman–Crippen MR) is 77.2 cm³/mol. The first-order valence-electron chi connectivity index (χ1n) is 6.64. The fourth-order valence-corrected chi connectivity index (χ4v) is 2.32. The molecule has 0 atom stereocenters. The van der Waals surface area contributed by atoms with Gasteiger partial charge in [-0.3, -0.25) is 4.68 Å². The smallest absolute Gasteiger partial charge is 0.388 e. The molecule has 0 aliphatic carbocycles. The average Bonchev–Trinajstić information content (AvgIpc) is 2.84. The summed E-state index contributed by atoms with van der Waals surface area (Å²) in [6, 6.07) is 3.28. The van der Waals surface area contributed by atoms with E-state index in [1.807, 2.05) is 13.8 Å². The van der Waals surface area contributed by atoms with E-state index in [1.165, 1.54) is 6.20 Å². The average molecular weight is 346 g/mol. The molecule has 23 heavy (non-hydrogen) atoms. The maximum atomic E-state index is 12.5. The summed E-state index contributed by atoms with van der Waals surface area (Å²) in [7, 11) is 0. The fraction of sp³-hybridized carbons (Fsp3) is 0.357. The lowest BCUT2D eigenvalue weighted by Gasteiger charge is -2.10. The van der Waals surface area contributed by atoms with Crippen molar-refractivity contribution in [2.75, 3.05) is 0 Å². The Morgan fingerprint density at radius 1 is 1.39 bits per heavy atom. The molecule has 2 aromatic heterocycles. The van der Waals surface area contributed by atoms with Crippen LogP contribution in [0, 0.1) is 0 Å². The minimum Gasteiger partial charge on any atom is -0.416 e. The van der Waals surface area contributed by atoms with Crippen LogP contribution in [-0.2, 0) is 22.6 Å². The molecule has 0 aliphatic heterocycles. The highest BCUT2D eigenvalue weighted by Gasteiger charge is 2.21. The van der Waals surface area contributed by atoms with Crippen molar-refractivity contribution < 1.29 is 23.1 Å². The van der Waals surface area contributed by atoms with Gasteiger partial charge in [0.2, 0.25) is 5.88 Å². The highest BCUT2D eigenvalue weighted by molar-refractivity contribution is 6.33. The summed E-state index contributed by atoms with van der Waals surface area (Å²) in [6.07, 6.45) is 2.30. The first-order valence-corrected chi connectivity index (χ1v) is 7.02. The Morgan fingerprint density at radius 2 is 2.04 bits per heavy atom. The summed E-state index contributed by atoms with van der Waals surface area (Å²) < 4.78 is 31.0. The molecule has 2 rings (SSSR count). The zero-order chi connectivity index (χ0) is 17.4. The topological polar surface area (TPSA) is 74.1 Å². The number of halogens is 3. The van der Waals surface area contributed by atoms with E-state index in [4.69, 9.17) is 21.2 Å². The fourth-order valence-electron chi connectivity index (χ4n) is 1.95. The lowest BCUT2D eigenvalue weighted by atomic mass is 10.1. The molecule has 0 spiro atoms. The van der Waals surface area contributed by atoms with Gasteiger partial charge in [-0.25, -0.2) is 4.98 Å². The second-order valence-corrected chi connectivity index (χ2v) is 4.47. The van der Waals surface area contributed by atoms with Crippen LogP contribution in [0.4, 0.5) is 8.78 Å². The van der Waals surface area contributed by atoms with Gasteiger partial charge in [0.1, 0.15) is 0 Å². The van der Waals surface area contributed by atoms with Crippen LogP contribution in [0.15, 0.2) is 18.3 Å². The molecule has 2 heterocycles. The van der Waals surface area contributed by atoms with E-state index in [-0.39, 0.29) is 12.0 Å². The predicted octanol–water partition coefficient (Wildman–Crippen LogP) is 3.20. The van der Waals surface area contributed by atoms with Crippen LogP contribution in [0.5, 0.6) is 5.88 Å². The molecule has 0 bridgehead atoms. The number of hydrogen-bond donors (Lipinski definition) is 0. The molecule has 0 fully saturated rings. The number of alkyl halides is 2. The monoisotopic (exact) mass is 345 g/mol. The van der Waals surface area contributed by atoms with Crippen molar-refractivity contribution in [3.8, 4) is 17.1 Å². The van der Waals surface area contributed by atoms with Gasteiger partial charge in [-0.15, -0.1) is 0 Å². The van der Waals surface area contributed by atoms with Gasteiger partial charge in [0.15, 0.2) is 0 Å². The van der Waals surface area contributed by atoms with E-state index in [1.54, 1.807) is 16.8 Å².